The summed E-state index contributed by atoms with van der Waals surface area (Å²) < 4.78 is 0. The second-order valence-corrected chi connectivity index (χ2v) is 8.53. The molecule has 156 valence electrons. The highest BCUT2D eigenvalue weighted by atomic mass is 16.2. The van der Waals surface area contributed by atoms with Crippen LogP contribution in [0, 0.1) is 0 Å². The Morgan fingerprint density at radius 3 is 2.10 bits per heavy atom. The molecular weight excluding hydrogens is 366 g/mol. The third-order valence-corrected chi connectivity index (χ3v) is 6.48. The number of imide groups is 1. The lowest BCUT2D eigenvalue weighted by Gasteiger charge is -2.38. The van der Waals surface area contributed by atoms with E-state index < -0.39 is 0 Å². The van der Waals surface area contributed by atoms with Gasteiger partial charge in [-0.05, 0) is 69.5 Å². The number of amides is 3. The predicted octanol–water partition coefficient (Wildman–Crippen LogP) is 3.21. The van der Waals surface area contributed by atoms with Gasteiger partial charge in [0.15, 0.2) is 0 Å². The molecule has 1 atom stereocenters. The van der Waals surface area contributed by atoms with Crippen LogP contribution in [0.5, 0.6) is 0 Å². The Bertz CT molecular complexity index is 737. The van der Waals surface area contributed by atoms with Crippen molar-refractivity contribution in [2.24, 2.45) is 0 Å². The zero-order valence-corrected chi connectivity index (χ0v) is 17.1. The number of hydrogen-bond acceptors (Lipinski definition) is 4. The third-order valence-electron chi connectivity index (χ3n) is 6.48. The molecular formula is C23H31N3O3. The van der Waals surface area contributed by atoms with Crippen LogP contribution >= 0.6 is 0 Å². The van der Waals surface area contributed by atoms with Gasteiger partial charge in [0.05, 0.1) is 5.69 Å². The lowest BCUT2D eigenvalue weighted by molar-refractivity contribution is -0.121. The average Bonchev–Trinajstić information content (AvgIpc) is 2.92. The van der Waals surface area contributed by atoms with E-state index in [2.05, 4.69) is 9.80 Å². The van der Waals surface area contributed by atoms with Gasteiger partial charge in [-0.15, -0.1) is 0 Å². The molecule has 6 heteroatoms. The zero-order chi connectivity index (χ0) is 20.2. The second kappa shape index (κ2) is 9.08. The maximum absolute atomic E-state index is 13.2. The molecule has 0 saturated carbocycles. The number of piperidine rings is 1. The van der Waals surface area contributed by atoms with Crippen molar-refractivity contribution in [3.63, 3.8) is 0 Å². The van der Waals surface area contributed by atoms with Gasteiger partial charge in [0.1, 0.15) is 0 Å². The molecule has 0 radical (unpaired) electrons. The summed E-state index contributed by atoms with van der Waals surface area (Å²) in [7, 11) is 0. The Balaban J connectivity index is 1.45. The van der Waals surface area contributed by atoms with Gasteiger partial charge in [-0.3, -0.25) is 19.3 Å². The highest BCUT2D eigenvalue weighted by molar-refractivity contribution is 6.19. The van der Waals surface area contributed by atoms with Crippen LogP contribution in [-0.2, 0) is 9.59 Å². The Hall–Kier alpha value is -2.21. The summed E-state index contributed by atoms with van der Waals surface area (Å²) in [5.74, 6) is -0.264. The smallest absolute Gasteiger partial charge is 0.254 e. The van der Waals surface area contributed by atoms with Crippen molar-refractivity contribution in [3.8, 4) is 0 Å². The summed E-state index contributed by atoms with van der Waals surface area (Å²) in [4.78, 5) is 42.9. The number of carbonyl (C=O) groups is 3. The van der Waals surface area contributed by atoms with Gasteiger partial charge in [0, 0.05) is 37.5 Å². The van der Waals surface area contributed by atoms with Crippen LogP contribution in [0.3, 0.4) is 0 Å². The predicted molar refractivity (Wildman–Crippen MR) is 112 cm³/mol. The summed E-state index contributed by atoms with van der Waals surface area (Å²) in [5.41, 5.74) is 1.20. The molecule has 29 heavy (non-hydrogen) atoms. The number of hydrogen-bond donors (Lipinski definition) is 0. The highest BCUT2D eigenvalue weighted by Gasteiger charge is 2.31. The van der Waals surface area contributed by atoms with Crippen LogP contribution in [0.15, 0.2) is 24.3 Å². The monoisotopic (exact) mass is 397 g/mol. The molecule has 3 saturated heterocycles. The zero-order valence-electron chi connectivity index (χ0n) is 17.1. The van der Waals surface area contributed by atoms with Gasteiger partial charge in [0.2, 0.25) is 11.8 Å². The number of carbonyl (C=O) groups excluding carboxylic acids is 3. The summed E-state index contributed by atoms with van der Waals surface area (Å²) in [6.07, 6.45) is 8.99. The maximum atomic E-state index is 13.2. The minimum Gasteiger partial charge on any atom is -0.334 e. The molecule has 0 unspecified atom stereocenters. The van der Waals surface area contributed by atoms with Gasteiger partial charge in [-0.2, -0.15) is 0 Å². The minimum absolute atomic E-state index is 0.0650. The van der Waals surface area contributed by atoms with E-state index in [1.165, 1.54) is 37.0 Å². The first-order valence-corrected chi connectivity index (χ1v) is 11.1. The first-order chi connectivity index (χ1) is 14.1. The lowest BCUT2D eigenvalue weighted by atomic mass is 10.00. The van der Waals surface area contributed by atoms with Gasteiger partial charge in [-0.1, -0.05) is 12.8 Å². The Kier molecular flexibility index (Phi) is 6.28. The van der Waals surface area contributed by atoms with Crippen molar-refractivity contribution >= 4 is 23.4 Å². The van der Waals surface area contributed by atoms with Crippen molar-refractivity contribution in [3.05, 3.63) is 29.8 Å². The average molecular weight is 398 g/mol. The lowest BCUT2D eigenvalue weighted by Crippen LogP contribution is -2.49. The fourth-order valence-corrected chi connectivity index (χ4v) is 4.86. The fraction of sp³-hybridized carbons (Fsp3) is 0.609. The summed E-state index contributed by atoms with van der Waals surface area (Å²) >= 11 is 0. The van der Waals surface area contributed by atoms with Crippen LogP contribution in [0.4, 0.5) is 5.69 Å². The van der Waals surface area contributed by atoms with Crippen LogP contribution in [-0.4, -0.2) is 59.7 Å². The van der Waals surface area contributed by atoms with E-state index in [1.807, 2.05) is 0 Å². The van der Waals surface area contributed by atoms with Crippen molar-refractivity contribution in [2.45, 2.75) is 63.8 Å². The molecule has 1 aromatic rings. The highest BCUT2D eigenvalue weighted by Crippen LogP contribution is 2.25. The first kappa shape index (κ1) is 20.1. The van der Waals surface area contributed by atoms with E-state index in [0.29, 0.717) is 11.3 Å². The van der Waals surface area contributed by atoms with Crippen LogP contribution < -0.4 is 4.90 Å². The van der Waals surface area contributed by atoms with Gasteiger partial charge in [-0.25, -0.2) is 0 Å². The number of benzene rings is 1. The topological polar surface area (TPSA) is 60.9 Å². The Morgan fingerprint density at radius 1 is 0.828 bits per heavy atom. The second-order valence-electron chi connectivity index (χ2n) is 8.53. The third kappa shape index (κ3) is 4.53. The summed E-state index contributed by atoms with van der Waals surface area (Å²) in [6, 6.07) is 7.24. The molecule has 6 nitrogen and oxygen atoms in total. The molecule has 0 aromatic heterocycles. The Morgan fingerprint density at radius 2 is 1.45 bits per heavy atom. The number of anilines is 1. The van der Waals surface area contributed by atoms with Gasteiger partial charge >= 0.3 is 0 Å². The van der Waals surface area contributed by atoms with Crippen molar-refractivity contribution in [1.29, 1.82) is 0 Å². The van der Waals surface area contributed by atoms with Crippen LogP contribution in [0.25, 0.3) is 0 Å². The molecule has 3 aliphatic rings. The molecule has 3 heterocycles. The van der Waals surface area contributed by atoms with E-state index >= 15 is 0 Å². The van der Waals surface area contributed by atoms with Crippen molar-refractivity contribution in [2.75, 3.05) is 31.1 Å². The maximum Gasteiger partial charge on any atom is 0.254 e. The minimum atomic E-state index is -0.164. The van der Waals surface area contributed by atoms with Crippen LogP contribution in [0.1, 0.15) is 68.1 Å². The standard InChI is InChI=1S/C23H31N3O3/c27-21-12-13-22(28)26(21)19-10-8-18(9-11-19)23(29)25-16-6-3-7-20(25)17-24-14-4-1-2-5-15-24/h8-11,20H,1-7,12-17H2/t20-/m1/s1. The SMILES string of the molecule is O=C1CCC(=O)N1c1ccc(C(=O)N2CCCC[C@@H]2CN2CCCCCC2)cc1. The largest absolute Gasteiger partial charge is 0.334 e. The first-order valence-electron chi connectivity index (χ1n) is 11.1. The summed E-state index contributed by atoms with van der Waals surface area (Å²) in [6.45, 7) is 4.07. The number of rotatable bonds is 4. The van der Waals surface area contributed by atoms with Crippen molar-refractivity contribution < 1.29 is 14.4 Å². The van der Waals surface area contributed by atoms with E-state index in [-0.39, 0.29) is 36.6 Å². The molecule has 0 spiro atoms. The summed E-state index contributed by atoms with van der Waals surface area (Å²) in [5, 5.41) is 0. The van der Waals surface area contributed by atoms with E-state index in [9.17, 15) is 14.4 Å². The van der Waals surface area contributed by atoms with Crippen molar-refractivity contribution in [1.82, 2.24) is 9.80 Å². The molecule has 3 amide bonds. The number of likely N-dealkylation sites (tertiary alicyclic amines) is 2. The van der Waals surface area contributed by atoms with E-state index in [0.717, 1.165) is 39.0 Å². The molecule has 0 aliphatic carbocycles. The quantitative estimate of drug-likeness (QED) is 0.732. The molecule has 4 rings (SSSR count). The van der Waals surface area contributed by atoms with E-state index in [1.54, 1.807) is 24.3 Å². The normalized spacial score (nSPS) is 24.1. The van der Waals surface area contributed by atoms with Gasteiger partial charge < -0.3 is 9.80 Å². The Labute approximate surface area is 172 Å². The van der Waals surface area contributed by atoms with Crippen LogP contribution in [0.2, 0.25) is 0 Å². The van der Waals surface area contributed by atoms with Gasteiger partial charge in [0.25, 0.3) is 5.91 Å². The fourth-order valence-electron chi connectivity index (χ4n) is 4.86. The molecule has 3 fully saturated rings. The number of nitrogens with zero attached hydrogens (tertiary/aromatic N) is 3. The molecule has 1 aromatic carbocycles. The molecule has 0 N–H and O–H groups in total. The molecule has 3 aliphatic heterocycles. The van der Waals surface area contributed by atoms with E-state index in [4.69, 9.17) is 0 Å². The molecule has 0 bridgehead atoms.